The van der Waals surface area contributed by atoms with Crippen molar-refractivity contribution >= 4 is 21.2 Å². The largest absolute Gasteiger partial charge is 0.354 e. The van der Waals surface area contributed by atoms with Crippen molar-refractivity contribution in [3.05, 3.63) is 42.4 Å². The van der Waals surface area contributed by atoms with Gasteiger partial charge in [0.15, 0.2) is 5.82 Å². The molecule has 2 atom stereocenters. The molecule has 7 nitrogen and oxygen atoms in total. The van der Waals surface area contributed by atoms with Crippen molar-refractivity contribution in [3.8, 4) is 11.5 Å². The number of nitrogens with zero attached hydrogens (tertiary/aromatic N) is 6. The van der Waals surface area contributed by atoms with Gasteiger partial charge in [0, 0.05) is 53.3 Å². The highest BCUT2D eigenvalue weighted by atomic mass is 32.2. The van der Waals surface area contributed by atoms with Gasteiger partial charge in [0.2, 0.25) is 0 Å². The van der Waals surface area contributed by atoms with E-state index in [0.717, 1.165) is 18.8 Å². The monoisotopic (exact) mass is 434 g/mol. The zero-order valence-electron chi connectivity index (χ0n) is 17.1. The van der Waals surface area contributed by atoms with Crippen molar-refractivity contribution in [3.63, 3.8) is 0 Å². The number of hydrogen-bond acceptors (Lipinski definition) is 6. The molecule has 1 fully saturated rings. The summed E-state index contributed by atoms with van der Waals surface area (Å²) < 4.78 is 44.5. The molecule has 1 aliphatic rings. The fourth-order valence-electron chi connectivity index (χ4n) is 3.88. The van der Waals surface area contributed by atoms with Crippen LogP contribution in [0.4, 0.5) is 14.6 Å². The summed E-state index contributed by atoms with van der Waals surface area (Å²) in [6.45, 7) is 3.57. The van der Waals surface area contributed by atoms with Gasteiger partial charge in [-0.25, -0.2) is 28.1 Å². The highest BCUT2D eigenvalue weighted by molar-refractivity contribution is 7.92. The van der Waals surface area contributed by atoms with Crippen LogP contribution in [0, 0.1) is 5.92 Å². The molecule has 160 valence electrons. The van der Waals surface area contributed by atoms with Gasteiger partial charge in [0.05, 0.1) is 12.2 Å². The SMILES string of the molecule is C[C@@H]1C[C@@H](N=S(C)(C)=O)CN(c2ccnc(-c3cnc4ccc(C(F)F)cn34)n2)C1. The molecular formula is C20H24F2N6OS. The fraction of sp³-hybridized carbons (Fsp3) is 0.450. The second kappa shape index (κ2) is 7.90. The summed E-state index contributed by atoms with van der Waals surface area (Å²) in [7, 11) is -2.19. The molecule has 0 aliphatic carbocycles. The van der Waals surface area contributed by atoms with Crippen LogP contribution in [0.25, 0.3) is 17.2 Å². The Balaban J connectivity index is 1.69. The van der Waals surface area contributed by atoms with E-state index in [1.807, 2.05) is 6.07 Å². The highest BCUT2D eigenvalue weighted by Crippen LogP contribution is 2.27. The predicted octanol–water partition coefficient (Wildman–Crippen LogP) is 3.67. The van der Waals surface area contributed by atoms with Crippen molar-refractivity contribution < 1.29 is 13.0 Å². The first-order chi connectivity index (χ1) is 14.2. The number of fused-ring (bicyclic) bond motifs is 1. The van der Waals surface area contributed by atoms with Crippen LogP contribution in [0.15, 0.2) is 41.2 Å². The smallest absolute Gasteiger partial charge is 0.265 e. The number of halogens is 2. The van der Waals surface area contributed by atoms with E-state index < -0.39 is 16.2 Å². The van der Waals surface area contributed by atoms with E-state index in [9.17, 15) is 13.0 Å². The van der Waals surface area contributed by atoms with Crippen LogP contribution in [-0.2, 0) is 9.73 Å². The van der Waals surface area contributed by atoms with Gasteiger partial charge < -0.3 is 4.90 Å². The topological polar surface area (TPSA) is 75.8 Å². The Bertz CT molecular complexity index is 1180. The quantitative estimate of drug-likeness (QED) is 0.626. The minimum atomic E-state index is -2.57. The maximum atomic E-state index is 13.1. The number of imidazole rings is 1. The van der Waals surface area contributed by atoms with Gasteiger partial charge in [0.25, 0.3) is 6.43 Å². The molecule has 0 unspecified atom stereocenters. The summed E-state index contributed by atoms with van der Waals surface area (Å²) in [6, 6.07) is 4.72. The molecule has 30 heavy (non-hydrogen) atoms. The third-order valence-electron chi connectivity index (χ3n) is 5.02. The second-order valence-corrected chi connectivity index (χ2v) is 10.6. The molecule has 0 N–H and O–H groups in total. The molecule has 0 amide bonds. The first kappa shape index (κ1) is 20.6. The molecule has 3 aromatic rings. The second-order valence-electron chi connectivity index (χ2n) is 8.06. The Kier molecular flexibility index (Phi) is 5.44. The molecule has 4 rings (SSSR count). The Labute approximate surface area is 174 Å². The van der Waals surface area contributed by atoms with E-state index in [4.69, 9.17) is 0 Å². The molecule has 4 heterocycles. The lowest BCUT2D eigenvalue weighted by Crippen LogP contribution is -2.42. The summed E-state index contributed by atoms with van der Waals surface area (Å²) in [6.07, 6.45) is 6.23. The van der Waals surface area contributed by atoms with Gasteiger partial charge in [-0.2, -0.15) is 0 Å². The van der Waals surface area contributed by atoms with Crippen LogP contribution >= 0.6 is 0 Å². The Hall–Kier alpha value is -2.62. The van der Waals surface area contributed by atoms with Gasteiger partial charge in [0.1, 0.15) is 17.2 Å². The Morgan fingerprint density at radius 2 is 2.00 bits per heavy atom. The molecule has 0 radical (unpaired) electrons. The molecule has 0 bridgehead atoms. The zero-order chi connectivity index (χ0) is 21.5. The predicted molar refractivity (Wildman–Crippen MR) is 113 cm³/mol. The van der Waals surface area contributed by atoms with Crippen LogP contribution in [0.5, 0.6) is 0 Å². The highest BCUT2D eigenvalue weighted by Gasteiger charge is 2.26. The van der Waals surface area contributed by atoms with E-state index in [2.05, 4.69) is 31.1 Å². The normalized spacial score (nSPS) is 20.1. The third kappa shape index (κ3) is 4.43. The standard InChI is InChI=1S/C20H24F2N6OS/c1-13-8-15(26-30(2,3)29)12-27(10-13)18-6-7-23-20(25-18)16-9-24-17-5-4-14(19(21)22)11-28(16)17/h4-7,9,11,13,15,19H,8,10,12H2,1-3H3/t13-,15-/m1/s1. The number of anilines is 1. The van der Waals surface area contributed by atoms with E-state index in [1.54, 1.807) is 35.4 Å². The molecule has 10 heteroatoms. The molecule has 1 aliphatic heterocycles. The van der Waals surface area contributed by atoms with Gasteiger partial charge >= 0.3 is 0 Å². The summed E-state index contributed by atoms with van der Waals surface area (Å²) in [5.41, 5.74) is 1.01. The van der Waals surface area contributed by atoms with Crippen molar-refractivity contribution in [1.29, 1.82) is 0 Å². The Morgan fingerprint density at radius 3 is 2.73 bits per heavy atom. The van der Waals surface area contributed by atoms with Crippen molar-refractivity contribution in [1.82, 2.24) is 19.4 Å². The number of rotatable bonds is 4. The molecule has 3 aromatic heterocycles. The maximum absolute atomic E-state index is 13.1. The van der Waals surface area contributed by atoms with Crippen LogP contribution < -0.4 is 4.90 Å². The van der Waals surface area contributed by atoms with E-state index in [1.165, 1.54) is 12.3 Å². The first-order valence-electron chi connectivity index (χ1n) is 9.69. The lowest BCUT2D eigenvalue weighted by Gasteiger charge is -2.35. The molecule has 0 spiro atoms. The van der Waals surface area contributed by atoms with Crippen molar-refractivity contribution in [2.24, 2.45) is 10.3 Å². The minimum Gasteiger partial charge on any atom is -0.354 e. The van der Waals surface area contributed by atoms with Gasteiger partial charge in [-0.3, -0.25) is 8.61 Å². The molecule has 0 aromatic carbocycles. The lowest BCUT2D eigenvalue weighted by molar-refractivity contribution is 0.151. The summed E-state index contributed by atoms with van der Waals surface area (Å²) in [5, 5.41) is 0. The maximum Gasteiger partial charge on any atom is 0.265 e. The van der Waals surface area contributed by atoms with Crippen molar-refractivity contribution in [2.75, 3.05) is 30.5 Å². The Morgan fingerprint density at radius 1 is 1.20 bits per heavy atom. The number of piperidine rings is 1. The molecule has 1 saturated heterocycles. The van der Waals surface area contributed by atoms with Crippen LogP contribution in [-0.4, -0.2) is 55.2 Å². The van der Waals surface area contributed by atoms with Crippen LogP contribution in [0.3, 0.4) is 0 Å². The first-order valence-corrected chi connectivity index (χ1v) is 12.0. The number of aromatic nitrogens is 4. The van der Waals surface area contributed by atoms with Crippen LogP contribution in [0.2, 0.25) is 0 Å². The van der Waals surface area contributed by atoms with Gasteiger partial charge in [-0.15, -0.1) is 0 Å². The van der Waals surface area contributed by atoms with Gasteiger partial charge in [-0.1, -0.05) is 6.92 Å². The summed E-state index contributed by atoms with van der Waals surface area (Å²) in [5.74, 6) is 1.51. The molecule has 0 saturated carbocycles. The van der Waals surface area contributed by atoms with Crippen molar-refractivity contribution in [2.45, 2.75) is 25.8 Å². The average Bonchev–Trinajstić information content (AvgIpc) is 3.09. The fourth-order valence-corrected chi connectivity index (χ4v) is 4.75. The van der Waals surface area contributed by atoms with E-state index >= 15 is 0 Å². The third-order valence-corrected chi connectivity index (χ3v) is 5.82. The van der Waals surface area contributed by atoms with E-state index in [0.29, 0.717) is 29.6 Å². The van der Waals surface area contributed by atoms with E-state index in [-0.39, 0.29) is 11.6 Å². The minimum absolute atomic E-state index is 0.0286. The summed E-state index contributed by atoms with van der Waals surface area (Å²) >= 11 is 0. The number of hydrogen-bond donors (Lipinski definition) is 0. The van der Waals surface area contributed by atoms with Crippen LogP contribution in [0.1, 0.15) is 25.3 Å². The molecular weight excluding hydrogens is 410 g/mol. The average molecular weight is 435 g/mol. The zero-order valence-corrected chi connectivity index (χ0v) is 17.9. The summed E-state index contributed by atoms with van der Waals surface area (Å²) in [4.78, 5) is 15.4. The van der Waals surface area contributed by atoms with Gasteiger partial charge in [-0.05, 0) is 30.5 Å². The lowest BCUT2D eigenvalue weighted by atomic mass is 9.97. The number of alkyl halides is 2. The number of pyridine rings is 1.